The van der Waals surface area contributed by atoms with Crippen LogP contribution in [0.1, 0.15) is 18.2 Å². The van der Waals surface area contributed by atoms with E-state index in [0.717, 1.165) is 39.4 Å². The molecule has 0 aromatic carbocycles. The Kier molecular flexibility index (Phi) is 5.11. The zero-order chi connectivity index (χ0) is 12.8. The van der Waals surface area contributed by atoms with Crippen LogP contribution in [0.25, 0.3) is 0 Å². The number of pyridine rings is 1. The van der Waals surface area contributed by atoms with Crippen molar-refractivity contribution in [3.8, 4) is 0 Å². The lowest BCUT2D eigenvalue weighted by molar-refractivity contribution is -0.0113. The summed E-state index contributed by atoms with van der Waals surface area (Å²) in [6, 6.07) is 4.58. The normalized spacial score (nSPS) is 21.1. The molecule has 1 aliphatic rings. The van der Waals surface area contributed by atoms with Crippen LogP contribution in [0.2, 0.25) is 0 Å². The predicted octanol–water partition coefficient (Wildman–Crippen LogP) is 1.20. The van der Waals surface area contributed by atoms with Crippen LogP contribution in [0.3, 0.4) is 0 Å². The molecule has 2 rings (SSSR count). The summed E-state index contributed by atoms with van der Waals surface area (Å²) < 4.78 is 5.58. The molecule has 1 atom stereocenters. The molecule has 0 radical (unpaired) electrons. The van der Waals surface area contributed by atoms with Crippen LogP contribution in [-0.4, -0.2) is 48.8 Å². The van der Waals surface area contributed by atoms with Gasteiger partial charge < -0.3 is 10.1 Å². The first kappa shape index (κ1) is 13.5. The number of nitrogens with zero attached hydrogens (tertiary/aromatic N) is 2. The molecule has 2 heterocycles. The molecule has 18 heavy (non-hydrogen) atoms. The van der Waals surface area contributed by atoms with Gasteiger partial charge in [0.1, 0.15) is 0 Å². The summed E-state index contributed by atoms with van der Waals surface area (Å²) in [6.07, 6.45) is 1.88. The Balaban J connectivity index is 1.98. The largest absolute Gasteiger partial charge is 0.378 e. The fourth-order valence-electron chi connectivity index (χ4n) is 2.27. The molecule has 0 saturated carbocycles. The molecule has 100 valence electrons. The fraction of sp³-hybridized carbons (Fsp3) is 0.643. The Labute approximate surface area is 109 Å². The van der Waals surface area contributed by atoms with E-state index in [-0.39, 0.29) is 0 Å². The van der Waals surface area contributed by atoms with Crippen LogP contribution < -0.4 is 5.32 Å². The van der Waals surface area contributed by atoms with Crippen molar-refractivity contribution in [1.82, 2.24) is 15.2 Å². The van der Waals surface area contributed by atoms with Gasteiger partial charge in [-0.15, -0.1) is 0 Å². The standard InChI is InChI=1S/C14H23N3O/c1-3-15-9-13-11-18-8-7-17(13)10-14-12(2)5-4-6-16-14/h4-6,13,15H,3,7-11H2,1-2H3. The van der Waals surface area contributed by atoms with E-state index in [2.05, 4.69) is 35.1 Å². The zero-order valence-electron chi connectivity index (χ0n) is 11.4. The number of hydrogen-bond acceptors (Lipinski definition) is 4. The second kappa shape index (κ2) is 6.83. The fourth-order valence-corrected chi connectivity index (χ4v) is 2.27. The molecule has 1 N–H and O–H groups in total. The monoisotopic (exact) mass is 249 g/mol. The van der Waals surface area contributed by atoms with Crippen molar-refractivity contribution in [3.63, 3.8) is 0 Å². The smallest absolute Gasteiger partial charge is 0.0635 e. The van der Waals surface area contributed by atoms with E-state index in [4.69, 9.17) is 4.74 Å². The summed E-state index contributed by atoms with van der Waals surface area (Å²) in [7, 11) is 0. The molecular formula is C14H23N3O. The first-order valence-corrected chi connectivity index (χ1v) is 6.74. The van der Waals surface area contributed by atoms with Gasteiger partial charge in [0.05, 0.1) is 18.9 Å². The Bertz CT molecular complexity index is 370. The van der Waals surface area contributed by atoms with Crippen molar-refractivity contribution in [3.05, 3.63) is 29.6 Å². The molecule has 4 nitrogen and oxygen atoms in total. The van der Waals surface area contributed by atoms with E-state index in [1.165, 1.54) is 11.3 Å². The molecule has 1 saturated heterocycles. The summed E-state index contributed by atoms with van der Waals surface area (Å²) in [4.78, 5) is 6.96. The number of aryl methyl sites for hydroxylation is 1. The summed E-state index contributed by atoms with van der Waals surface area (Å²) in [5.74, 6) is 0. The second-order valence-corrected chi connectivity index (χ2v) is 4.77. The zero-order valence-corrected chi connectivity index (χ0v) is 11.4. The topological polar surface area (TPSA) is 37.4 Å². The molecule has 1 aromatic rings. The predicted molar refractivity (Wildman–Crippen MR) is 72.5 cm³/mol. The van der Waals surface area contributed by atoms with Gasteiger partial charge in [-0.1, -0.05) is 13.0 Å². The van der Waals surface area contributed by atoms with Crippen LogP contribution in [-0.2, 0) is 11.3 Å². The maximum absolute atomic E-state index is 5.58. The van der Waals surface area contributed by atoms with Crippen LogP contribution >= 0.6 is 0 Å². The van der Waals surface area contributed by atoms with Crippen molar-refractivity contribution >= 4 is 0 Å². The van der Waals surface area contributed by atoms with E-state index in [0.29, 0.717) is 6.04 Å². The highest BCUT2D eigenvalue weighted by Crippen LogP contribution is 2.13. The molecule has 1 unspecified atom stereocenters. The van der Waals surface area contributed by atoms with Crippen molar-refractivity contribution in [2.45, 2.75) is 26.4 Å². The summed E-state index contributed by atoms with van der Waals surface area (Å²) in [6.45, 7) is 9.82. The maximum Gasteiger partial charge on any atom is 0.0635 e. The highest BCUT2D eigenvalue weighted by molar-refractivity contribution is 5.17. The van der Waals surface area contributed by atoms with Crippen molar-refractivity contribution in [2.24, 2.45) is 0 Å². The van der Waals surface area contributed by atoms with Crippen molar-refractivity contribution < 1.29 is 4.74 Å². The average Bonchev–Trinajstić information content (AvgIpc) is 2.40. The van der Waals surface area contributed by atoms with Crippen LogP contribution in [0, 0.1) is 6.92 Å². The molecule has 1 aliphatic heterocycles. The second-order valence-electron chi connectivity index (χ2n) is 4.77. The quantitative estimate of drug-likeness (QED) is 0.851. The number of morpholine rings is 1. The lowest BCUT2D eigenvalue weighted by Crippen LogP contribution is -2.50. The highest BCUT2D eigenvalue weighted by Gasteiger charge is 2.23. The number of nitrogens with one attached hydrogen (secondary N) is 1. The first-order valence-electron chi connectivity index (χ1n) is 6.74. The molecule has 1 fully saturated rings. The summed E-state index contributed by atoms with van der Waals surface area (Å²) >= 11 is 0. The van der Waals surface area contributed by atoms with Crippen LogP contribution in [0.4, 0.5) is 0 Å². The third kappa shape index (κ3) is 3.51. The number of rotatable bonds is 5. The molecule has 0 amide bonds. The maximum atomic E-state index is 5.58. The SMILES string of the molecule is CCNCC1COCCN1Cc1ncccc1C. The Morgan fingerprint density at radius 2 is 2.44 bits per heavy atom. The van der Waals surface area contributed by atoms with Gasteiger partial charge in [0, 0.05) is 31.9 Å². The van der Waals surface area contributed by atoms with Crippen molar-refractivity contribution in [1.29, 1.82) is 0 Å². The highest BCUT2D eigenvalue weighted by atomic mass is 16.5. The van der Waals surface area contributed by atoms with Gasteiger partial charge in [0.15, 0.2) is 0 Å². The minimum absolute atomic E-state index is 0.458. The van der Waals surface area contributed by atoms with Gasteiger partial charge in [-0.3, -0.25) is 9.88 Å². The van der Waals surface area contributed by atoms with E-state index in [9.17, 15) is 0 Å². The lowest BCUT2D eigenvalue weighted by Gasteiger charge is -2.35. The first-order chi connectivity index (χ1) is 8.81. The number of likely N-dealkylation sites (N-methyl/N-ethyl adjacent to an activating group) is 1. The minimum Gasteiger partial charge on any atom is -0.378 e. The van der Waals surface area contributed by atoms with Gasteiger partial charge in [-0.25, -0.2) is 0 Å². The lowest BCUT2D eigenvalue weighted by atomic mass is 10.1. The van der Waals surface area contributed by atoms with Gasteiger partial charge in [-0.2, -0.15) is 0 Å². The van der Waals surface area contributed by atoms with Gasteiger partial charge in [0.25, 0.3) is 0 Å². The molecule has 0 bridgehead atoms. The van der Waals surface area contributed by atoms with Crippen LogP contribution in [0.15, 0.2) is 18.3 Å². The van der Waals surface area contributed by atoms with Gasteiger partial charge >= 0.3 is 0 Å². The minimum atomic E-state index is 0.458. The number of hydrogen-bond donors (Lipinski definition) is 1. The van der Waals surface area contributed by atoms with Crippen LogP contribution in [0.5, 0.6) is 0 Å². The Hall–Kier alpha value is -0.970. The molecular weight excluding hydrogens is 226 g/mol. The Morgan fingerprint density at radius 1 is 1.56 bits per heavy atom. The van der Waals surface area contributed by atoms with E-state index in [1.807, 2.05) is 12.3 Å². The summed E-state index contributed by atoms with van der Waals surface area (Å²) in [5, 5.41) is 3.41. The number of ether oxygens (including phenoxy) is 1. The third-order valence-corrected chi connectivity index (χ3v) is 3.45. The summed E-state index contributed by atoms with van der Waals surface area (Å²) in [5.41, 5.74) is 2.45. The van der Waals surface area contributed by atoms with E-state index >= 15 is 0 Å². The third-order valence-electron chi connectivity index (χ3n) is 3.45. The molecule has 4 heteroatoms. The molecule has 0 aliphatic carbocycles. The van der Waals surface area contributed by atoms with Gasteiger partial charge in [0.2, 0.25) is 0 Å². The van der Waals surface area contributed by atoms with E-state index < -0.39 is 0 Å². The van der Waals surface area contributed by atoms with Gasteiger partial charge in [-0.05, 0) is 25.1 Å². The van der Waals surface area contributed by atoms with Crippen molar-refractivity contribution in [2.75, 3.05) is 32.8 Å². The molecule has 1 aromatic heterocycles. The Morgan fingerprint density at radius 3 is 3.22 bits per heavy atom. The number of aromatic nitrogens is 1. The molecule has 0 spiro atoms. The van der Waals surface area contributed by atoms with E-state index in [1.54, 1.807) is 0 Å². The average molecular weight is 249 g/mol.